The molecule has 0 bridgehead atoms. The van der Waals surface area contributed by atoms with Crippen molar-refractivity contribution in [2.45, 2.75) is 11.3 Å². The maximum absolute atomic E-state index is 11.9. The fraction of sp³-hybridized carbons (Fsp3) is 0.333. The third kappa shape index (κ3) is 5.36. The normalized spacial score (nSPS) is 10.9. The van der Waals surface area contributed by atoms with Crippen LogP contribution < -0.4 is 10.5 Å². The van der Waals surface area contributed by atoms with Crippen LogP contribution in [0.25, 0.3) is 0 Å². The first-order chi connectivity index (χ1) is 9.45. The van der Waals surface area contributed by atoms with Gasteiger partial charge in [0, 0.05) is 6.54 Å². The van der Waals surface area contributed by atoms with Crippen molar-refractivity contribution in [3.05, 3.63) is 29.8 Å². The summed E-state index contributed by atoms with van der Waals surface area (Å²) in [6.07, 6.45) is 0.231. The number of rotatable bonds is 8. The number of nitrogens with one attached hydrogen (secondary N) is 1. The molecule has 1 amide bonds. The number of nitrogens with two attached hydrogens (primary N) is 1. The Morgan fingerprint density at radius 2 is 2.00 bits per heavy atom. The quantitative estimate of drug-likeness (QED) is 0.628. The van der Waals surface area contributed by atoms with Crippen molar-refractivity contribution >= 4 is 15.9 Å². The van der Waals surface area contributed by atoms with Crippen LogP contribution in [0.5, 0.6) is 0 Å². The van der Waals surface area contributed by atoms with Crippen LogP contribution >= 0.6 is 0 Å². The molecule has 3 N–H and O–H groups in total. The highest BCUT2D eigenvalue weighted by molar-refractivity contribution is 7.89. The lowest BCUT2D eigenvalue weighted by molar-refractivity contribution is -0.122. The van der Waals surface area contributed by atoms with E-state index in [9.17, 15) is 13.2 Å². The second-order valence-corrected chi connectivity index (χ2v) is 5.66. The summed E-state index contributed by atoms with van der Waals surface area (Å²) in [5.41, 5.74) is 5.61. The molecule has 0 aromatic heterocycles. The van der Waals surface area contributed by atoms with Gasteiger partial charge in [-0.25, -0.2) is 13.1 Å². The number of ether oxygens (including phenoxy) is 1. The smallest absolute Gasteiger partial charge is 0.243 e. The number of hydrogen-bond donors (Lipinski definition) is 2. The molecule has 0 spiro atoms. The molecule has 0 atom stereocenters. The van der Waals surface area contributed by atoms with Crippen LogP contribution in [0, 0.1) is 11.3 Å². The number of carbonyl (C=O) groups is 1. The van der Waals surface area contributed by atoms with E-state index < -0.39 is 15.9 Å². The largest absolute Gasteiger partial charge is 0.370 e. The Bertz CT molecular complexity index is 590. The number of hydrogen-bond acceptors (Lipinski definition) is 5. The van der Waals surface area contributed by atoms with Crippen molar-refractivity contribution in [2.75, 3.05) is 19.8 Å². The predicted molar refractivity (Wildman–Crippen MR) is 71.0 cm³/mol. The van der Waals surface area contributed by atoms with E-state index in [0.717, 1.165) is 5.56 Å². The Morgan fingerprint density at radius 1 is 1.35 bits per heavy atom. The maximum Gasteiger partial charge on any atom is 0.243 e. The number of primary amides is 1. The van der Waals surface area contributed by atoms with Gasteiger partial charge in [0.2, 0.25) is 15.9 Å². The number of nitrogens with zero attached hydrogens (tertiary/aromatic N) is 1. The first kappa shape index (κ1) is 16.1. The van der Waals surface area contributed by atoms with E-state index in [-0.39, 0.29) is 31.1 Å². The third-order valence-electron chi connectivity index (χ3n) is 2.30. The molecule has 8 heteroatoms. The van der Waals surface area contributed by atoms with Gasteiger partial charge in [0.25, 0.3) is 0 Å². The summed E-state index contributed by atoms with van der Waals surface area (Å²) >= 11 is 0. The van der Waals surface area contributed by atoms with E-state index in [4.69, 9.17) is 15.7 Å². The predicted octanol–water partition coefficient (Wildman–Crippen LogP) is -0.467. The highest BCUT2D eigenvalue weighted by atomic mass is 32.2. The van der Waals surface area contributed by atoms with Crippen molar-refractivity contribution < 1.29 is 17.9 Å². The Balaban J connectivity index is 2.52. The molecule has 0 radical (unpaired) electrons. The second kappa shape index (κ2) is 7.59. The van der Waals surface area contributed by atoms with Gasteiger partial charge in [0.05, 0.1) is 24.0 Å². The summed E-state index contributed by atoms with van der Waals surface area (Å²) in [7, 11) is -3.62. The summed E-state index contributed by atoms with van der Waals surface area (Å²) in [5, 5.41) is 8.53. The van der Waals surface area contributed by atoms with E-state index >= 15 is 0 Å². The molecule has 20 heavy (non-hydrogen) atoms. The molecule has 1 aromatic rings. The molecule has 0 saturated carbocycles. The maximum atomic E-state index is 11.9. The molecular weight excluding hydrogens is 282 g/mol. The summed E-state index contributed by atoms with van der Waals surface area (Å²) in [4.78, 5) is 10.5. The van der Waals surface area contributed by atoms with Crippen LogP contribution in [0.4, 0.5) is 0 Å². The Morgan fingerprint density at radius 3 is 2.55 bits per heavy atom. The minimum absolute atomic E-state index is 0.0373. The number of nitriles is 1. The molecule has 0 aliphatic carbocycles. The van der Waals surface area contributed by atoms with E-state index in [2.05, 4.69) is 4.72 Å². The third-order valence-corrected chi connectivity index (χ3v) is 3.78. The van der Waals surface area contributed by atoms with E-state index in [0.29, 0.717) is 0 Å². The molecule has 108 valence electrons. The van der Waals surface area contributed by atoms with Crippen LogP contribution in [0.1, 0.15) is 5.56 Å². The van der Waals surface area contributed by atoms with E-state index in [1.165, 1.54) is 12.1 Å². The van der Waals surface area contributed by atoms with E-state index in [1.54, 1.807) is 12.1 Å². The average molecular weight is 297 g/mol. The number of benzene rings is 1. The zero-order valence-electron chi connectivity index (χ0n) is 10.7. The van der Waals surface area contributed by atoms with Crippen molar-refractivity contribution in [3.8, 4) is 6.07 Å². The SMILES string of the molecule is N#CCc1ccc(S(=O)(=O)NCCOCC(N)=O)cc1. The zero-order valence-corrected chi connectivity index (χ0v) is 11.5. The van der Waals surface area contributed by atoms with Gasteiger partial charge in [-0.2, -0.15) is 5.26 Å². The minimum atomic E-state index is -3.62. The van der Waals surface area contributed by atoms with Gasteiger partial charge in [-0.15, -0.1) is 0 Å². The Labute approximate surface area is 117 Å². The number of carbonyl (C=O) groups excluding carboxylic acids is 1. The van der Waals surface area contributed by atoms with Crippen molar-refractivity contribution in [1.82, 2.24) is 4.72 Å². The Hall–Kier alpha value is -1.95. The molecule has 1 rings (SSSR count). The van der Waals surface area contributed by atoms with E-state index in [1.807, 2.05) is 6.07 Å². The fourth-order valence-electron chi connectivity index (χ4n) is 1.38. The molecule has 0 aliphatic rings. The lowest BCUT2D eigenvalue weighted by Crippen LogP contribution is -2.29. The number of sulfonamides is 1. The highest BCUT2D eigenvalue weighted by Gasteiger charge is 2.12. The van der Waals surface area contributed by atoms with Crippen molar-refractivity contribution in [3.63, 3.8) is 0 Å². The Kier molecular flexibility index (Phi) is 6.11. The molecule has 0 fully saturated rings. The lowest BCUT2D eigenvalue weighted by atomic mass is 10.2. The van der Waals surface area contributed by atoms with Gasteiger partial charge in [0.1, 0.15) is 6.61 Å². The monoisotopic (exact) mass is 297 g/mol. The average Bonchev–Trinajstić information content (AvgIpc) is 2.39. The first-order valence-corrected chi connectivity index (χ1v) is 7.25. The van der Waals surface area contributed by atoms with Gasteiger partial charge in [-0.1, -0.05) is 12.1 Å². The van der Waals surface area contributed by atoms with Crippen LogP contribution in [0.2, 0.25) is 0 Å². The minimum Gasteiger partial charge on any atom is -0.370 e. The van der Waals surface area contributed by atoms with Gasteiger partial charge in [0.15, 0.2) is 0 Å². The van der Waals surface area contributed by atoms with Gasteiger partial charge >= 0.3 is 0 Å². The zero-order chi connectivity index (χ0) is 15.0. The number of amides is 1. The topological polar surface area (TPSA) is 122 Å². The summed E-state index contributed by atoms with van der Waals surface area (Å²) in [6.45, 7) is -0.158. The van der Waals surface area contributed by atoms with Gasteiger partial charge < -0.3 is 10.5 Å². The molecule has 7 nitrogen and oxygen atoms in total. The molecule has 0 saturated heterocycles. The van der Waals surface area contributed by atoms with Crippen LogP contribution in [-0.4, -0.2) is 34.1 Å². The molecule has 1 aromatic carbocycles. The van der Waals surface area contributed by atoms with Gasteiger partial charge in [-0.3, -0.25) is 4.79 Å². The lowest BCUT2D eigenvalue weighted by Gasteiger charge is -2.07. The fourth-order valence-corrected chi connectivity index (χ4v) is 2.40. The first-order valence-electron chi connectivity index (χ1n) is 5.77. The van der Waals surface area contributed by atoms with Gasteiger partial charge in [-0.05, 0) is 17.7 Å². The molecule has 0 unspecified atom stereocenters. The summed E-state index contributed by atoms with van der Waals surface area (Å²) < 4.78 is 30.9. The molecular formula is C12H15N3O4S. The standard InChI is InChI=1S/C12H15N3O4S/c13-6-5-10-1-3-11(4-2-10)20(17,18)15-7-8-19-9-12(14)16/h1-4,15H,5,7-9H2,(H2,14,16). The van der Waals surface area contributed by atoms with Crippen LogP contribution in [-0.2, 0) is 26.0 Å². The van der Waals surface area contributed by atoms with Crippen LogP contribution in [0.3, 0.4) is 0 Å². The molecule has 0 heterocycles. The summed E-state index contributed by atoms with van der Waals surface area (Å²) in [6, 6.07) is 8.01. The van der Waals surface area contributed by atoms with Crippen molar-refractivity contribution in [2.24, 2.45) is 5.73 Å². The van der Waals surface area contributed by atoms with Crippen LogP contribution in [0.15, 0.2) is 29.2 Å². The summed E-state index contributed by atoms with van der Waals surface area (Å²) in [5.74, 6) is -0.610. The van der Waals surface area contributed by atoms with Crippen molar-refractivity contribution in [1.29, 1.82) is 5.26 Å². The molecule has 0 aliphatic heterocycles. The second-order valence-electron chi connectivity index (χ2n) is 3.90. The highest BCUT2D eigenvalue weighted by Crippen LogP contribution is 2.10.